The standard InChI is InChI=1S/C20H34N4O5/c1-3-8-25-9-10-26-11-12-27-13-14-28-15-16-29-19-6-4-18(5-7-19)20(22)24-23-17(2)21/h4-7H,3,8-16H2,1-2H3,(H2,21,23)(H2,22,24). The third-order valence-corrected chi connectivity index (χ3v) is 3.43. The van der Waals surface area contributed by atoms with E-state index in [-0.39, 0.29) is 0 Å². The molecule has 0 aliphatic heterocycles. The Bertz CT molecular complexity index is 589. The van der Waals surface area contributed by atoms with E-state index in [4.69, 9.17) is 35.2 Å². The molecule has 9 heteroatoms. The molecule has 0 spiro atoms. The fraction of sp³-hybridized carbons (Fsp3) is 0.600. The molecule has 0 radical (unpaired) electrons. The molecule has 0 atom stereocenters. The van der Waals surface area contributed by atoms with E-state index >= 15 is 0 Å². The minimum absolute atomic E-state index is 0.292. The molecule has 0 saturated heterocycles. The monoisotopic (exact) mass is 410 g/mol. The topological polar surface area (TPSA) is 123 Å². The Labute approximate surface area is 173 Å². The largest absolute Gasteiger partial charge is 0.491 e. The van der Waals surface area contributed by atoms with Crippen molar-refractivity contribution >= 4 is 11.7 Å². The van der Waals surface area contributed by atoms with Crippen LogP contribution in [0, 0.1) is 0 Å². The highest BCUT2D eigenvalue weighted by Gasteiger charge is 2.00. The molecule has 1 aromatic carbocycles. The third kappa shape index (κ3) is 13.6. The van der Waals surface area contributed by atoms with Crippen LogP contribution in [-0.4, -0.2) is 71.1 Å². The Balaban J connectivity index is 2.00. The number of hydrogen-bond donors (Lipinski definition) is 2. The van der Waals surface area contributed by atoms with E-state index in [2.05, 4.69) is 17.1 Å². The molecule has 0 aliphatic rings. The second-order valence-corrected chi connectivity index (χ2v) is 6.05. The summed E-state index contributed by atoms with van der Waals surface area (Å²) in [6.07, 6.45) is 1.02. The van der Waals surface area contributed by atoms with Crippen molar-refractivity contribution in [3.05, 3.63) is 29.8 Å². The zero-order valence-corrected chi connectivity index (χ0v) is 17.5. The van der Waals surface area contributed by atoms with Crippen molar-refractivity contribution in [1.82, 2.24) is 0 Å². The third-order valence-electron chi connectivity index (χ3n) is 3.43. The van der Waals surface area contributed by atoms with Gasteiger partial charge in [0.05, 0.1) is 46.2 Å². The van der Waals surface area contributed by atoms with Crippen LogP contribution in [0.15, 0.2) is 34.5 Å². The Morgan fingerprint density at radius 2 is 1.21 bits per heavy atom. The fourth-order valence-corrected chi connectivity index (χ4v) is 2.04. The molecule has 1 aromatic rings. The van der Waals surface area contributed by atoms with Crippen molar-refractivity contribution < 1.29 is 23.7 Å². The first-order valence-electron chi connectivity index (χ1n) is 9.81. The predicted molar refractivity (Wildman–Crippen MR) is 114 cm³/mol. The molecule has 0 saturated carbocycles. The van der Waals surface area contributed by atoms with Crippen LogP contribution in [0.5, 0.6) is 5.75 Å². The van der Waals surface area contributed by atoms with E-state index < -0.39 is 0 Å². The van der Waals surface area contributed by atoms with Crippen molar-refractivity contribution in [3.63, 3.8) is 0 Å². The average Bonchev–Trinajstić information content (AvgIpc) is 2.72. The normalized spacial score (nSPS) is 12.3. The smallest absolute Gasteiger partial charge is 0.153 e. The van der Waals surface area contributed by atoms with Crippen molar-refractivity contribution in [2.45, 2.75) is 20.3 Å². The van der Waals surface area contributed by atoms with Gasteiger partial charge in [-0.15, -0.1) is 10.2 Å². The lowest BCUT2D eigenvalue weighted by atomic mass is 10.2. The SMILES string of the molecule is CCCOCCOCCOCCOCCOc1ccc(/C(N)=N/N=C(/C)N)cc1. The van der Waals surface area contributed by atoms with Crippen molar-refractivity contribution in [2.75, 3.05) is 59.5 Å². The summed E-state index contributed by atoms with van der Waals surface area (Å²) in [6, 6.07) is 7.24. The highest BCUT2D eigenvalue weighted by Crippen LogP contribution is 2.12. The minimum Gasteiger partial charge on any atom is -0.491 e. The van der Waals surface area contributed by atoms with Crippen LogP contribution in [0.25, 0.3) is 0 Å². The molecule has 4 N–H and O–H groups in total. The molecule has 0 bridgehead atoms. The first-order chi connectivity index (χ1) is 14.1. The lowest BCUT2D eigenvalue weighted by molar-refractivity contribution is -0.00450. The summed E-state index contributed by atoms with van der Waals surface area (Å²) >= 11 is 0. The summed E-state index contributed by atoms with van der Waals surface area (Å²) in [5.74, 6) is 1.36. The minimum atomic E-state index is 0.292. The molecule has 29 heavy (non-hydrogen) atoms. The molecular formula is C20H34N4O5. The molecule has 0 fully saturated rings. The Morgan fingerprint density at radius 1 is 0.724 bits per heavy atom. The average molecular weight is 411 g/mol. The first kappa shape index (κ1) is 24.8. The number of ether oxygens (including phenoxy) is 5. The lowest BCUT2D eigenvalue weighted by Gasteiger charge is -2.09. The van der Waals surface area contributed by atoms with Gasteiger partial charge in [0.1, 0.15) is 18.2 Å². The van der Waals surface area contributed by atoms with Crippen LogP contribution in [0.3, 0.4) is 0 Å². The molecule has 0 aliphatic carbocycles. The Morgan fingerprint density at radius 3 is 1.69 bits per heavy atom. The predicted octanol–water partition coefficient (Wildman–Crippen LogP) is 1.54. The summed E-state index contributed by atoms with van der Waals surface area (Å²) in [7, 11) is 0. The van der Waals surface area contributed by atoms with Gasteiger partial charge in [0.2, 0.25) is 0 Å². The summed E-state index contributed by atoms with van der Waals surface area (Å²) in [6.45, 7) is 8.78. The van der Waals surface area contributed by atoms with Gasteiger partial charge in [0.15, 0.2) is 5.84 Å². The lowest BCUT2D eigenvalue weighted by Crippen LogP contribution is -2.14. The van der Waals surface area contributed by atoms with Crippen LogP contribution >= 0.6 is 0 Å². The van der Waals surface area contributed by atoms with Crippen molar-refractivity contribution in [3.8, 4) is 5.75 Å². The molecule has 9 nitrogen and oxygen atoms in total. The number of nitrogens with zero attached hydrogens (tertiary/aromatic N) is 2. The van der Waals surface area contributed by atoms with E-state index in [0.717, 1.165) is 24.3 Å². The molecule has 164 valence electrons. The van der Waals surface area contributed by atoms with Gasteiger partial charge in [0, 0.05) is 12.2 Å². The summed E-state index contributed by atoms with van der Waals surface area (Å²) in [4.78, 5) is 0. The summed E-state index contributed by atoms with van der Waals surface area (Å²) in [5, 5.41) is 7.57. The number of nitrogens with two attached hydrogens (primary N) is 2. The maximum absolute atomic E-state index is 5.83. The summed E-state index contributed by atoms with van der Waals surface area (Å²) < 4.78 is 27.2. The van der Waals surface area contributed by atoms with E-state index in [1.807, 2.05) is 24.3 Å². The molecular weight excluding hydrogens is 376 g/mol. The summed E-state index contributed by atoms with van der Waals surface area (Å²) in [5.41, 5.74) is 12.0. The molecule has 0 heterocycles. The van der Waals surface area contributed by atoms with Crippen LogP contribution in [0.1, 0.15) is 25.8 Å². The Hall–Kier alpha value is -2.20. The molecule has 1 rings (SSSR count). The van der Waals surface area contributed by atoms with Gasteiger partial charge in [-0.25, -0.2) is 0 Å². The second-order valence-electron chi connectivity index (χ2n) is 6.05. The van der Waals surface area contributed by atoms with Gasteiger partial charge < -0.3 is 35.2 Å². The van der Waals surface area contributed by atoms with Crippen molar-refractivity contribution in [1.29, 1.82) is 0 Å². The molecule has 0 unspecified atom stereocenters. The fourth-order valence-electron chi connectivity index (χ4n) is 2.04. The number of benzene rings is 1. The number of amidine groups is 2. The van der Waals surface area contributed by atoms with Gasteiger partial charge in [-0.2, -0.15) is 0 Å². The van der Waals surface area contributed by atoms with E-state index in [1.165, 1.54) is 0 Å². The van der Waals surface area contributed by atoms with Crippen molar-refractivity contribution in [2.24, 2.45) is 21.7 Å². The van der Waals surface area contributed by atoms with E-state index in [1.54, 1.807) is 6.92 Å². The maximum Gasteiger partial charge on any atom is 0.153 e. The van der Waals surface area contributed by atoms with Crippen LogP contribution in [0.4, 0.5) is 0 Å². The zero-order chi connectivity index (χ0) is 21.2. The van der Waals surface area contributed by atoms with Gasteiger partial charge in [-0.3, -0.25) is 0 Å². The number of rotatable bonds is 17. The number of hydrogen-bond acceptors (Lipinski definition) is 7. The highest BCUT2D eigenvalue weighted by molar-refractivity contribution is 5.97. The van der Waals surface area contributed by atoms with Gasteiger partial charge in [-0.05, 0) is 37.6 Å². The zero-order valence-electron chi connectivity index (χ0n) is 17.5. The first-order valence-corrected chi connectivity index (χ1v) is 9.81. The van der Waals surface area contributed by atoms with E-state index in [9.17, 15) is 0 Å². The van der Waals surface area contributed by atoms with Crippen LogP contribution in [0.2, 0.25) is 0 Å². The second kappa shape index (κ2) is 16.7. The van der Waals surface area contributed by atoms with Crippen LogP contribution in [-0.2, 0) is 18.9 Å². The quantitative estimate of drug-likeness (QED) is 0.173. The van der Waals surface area contributed by atoms with Gasteiger partial charge in [-0.1, -0.05) is 6.92 Å². The molecule has 0 aromatic heterocycles. The maximum atomic E-state index is 5.83. The van der Waals surface area contributed by atoms with E-state index in [0.29, 0.717) is 64.5 Å². The highest BCUT2D eigenvalue weighted by atomic mass is 16.6. The van der Waals surface area contributed by atoms with Crippen LogP contribution < -0.4 is 16.2 Å². The van der Waals surface area contributed by atoms with Gasteiger partial charge >= 0.3 is 0 Å². The van der Waals surface area contributed by atoms with Gasteiger partial charge in [0.25, 0.3) is 0 Å². The molecule has 0 amide bonds. The Kier molecular flexibility index (Phi) is 14.3.